The van der Waals surface area contributed by atoms with E-state index in [0.29, 0.717) is 27.8 Å². The lowest BCUT2D eigenvalue weighted by Crippen LogP contribution is -2.14. The van der Waals surface area contributed by atoms with Gasteiger partial charge in [0.05, 0.1) is 10.7 Å². The number of aryl methyl sites for hydroxylation is 1. The number of para-hydroxylation sites is 2. The summed E-state index contributed by atoms with van der Waals surface area (Å²) in [7, 11) is 0. The third-order valence-corrected chi connectivity index (χ3v) is 4.29. The predicted octanol–water partition coefficient (Wildman–Crippen LogP) is 5.99. The Morgan fingerprint density at radius 2 is 1.75 bits per heavy atom. The minimum atomic E-state index is -0.520. The van der Waals surface area contributed by atoms with E-state index in [1.165, 1.54) is 6.08 Å². The molecule has 3 rings (SSSR count). The lowest BCUT2D eigenvalue weighted by Gasteiger charge is -2.10. The van der Waals surface area contributed by atoms with E-state index in [-0.39, 0.29) is 5.57 Å². The van der Waals surface area contributed by atoms with Crippen molar-refractivity contribution in [3.8, 4) is 17.6 Å². The van der Waals surface area contributed by atoms with Gasteiger partial charge in [-0.1, -0.05) is 54.1 Å². The van der Waals surface area contributed by atoms with E-state index in [9.17, 15) is 10.1 Å². The summed E-state index contributed by atoms with van der Waals surface area (Å²) >= 11 is 6.15. The largest absolute Gasteiger partial charge is 0.457 e. The fraction of sp³-hybridized carbons (Fsp3) is 0.0435. The van der Waals surface area contributed by atoms with Gasteiger partial charge in [-0.3, -0.25) is 4.79 Å². The second kappa shape index (κ2) is 8.90. The highest BCUT2D eigenvalue weighted by atomic mass is 35.5. The van der Waals surface area contributed by atoms with E-state index in [2.05, 4.69) is 5.32 Å². The third-order valence-electron chi connectivity index (χ3n) is 3.97. The maximum Gasteiger partial charge on any atom is 0.266 e. The standard InChI is InChI=1S/C23H17ClN2O2/c1-16-7-5-12-21(24)22(16)26-23(27)18(15-25)13-17-8-6-11-20(14-17)28-19-9-3-2-4-10-19/h2-14H,1H3,(H,26,27)/b18-13+. The minimum Gasteiger partial charge on any atom is -0.457 e. The van der Waals surface area contributed by atoms with Crippen LogP contribution in [0.1, 0.15) is 11.1 Å². The Morgan fingerprint density at radius 1 is 1.04 bits per heavy atom. The van der Waals surface area contributed by atoms with Crippen molar-refractivity contribution in [3.05, 3.63) is 94.5 Å². The average Bonchev–Trinajstić information content (AvgIpc) is 2.70. The first-order valence-electron chi connectivity index (χ1n) is 8.58. The molecule has 0 heterocycles. The Bertz CT molecular complexity index is 1050. The van der Waals surface area contributed by atoms with Crippen molar-refractivity contribution < 1.29 is 9.53 Å². The van der Waals surface area contributed by atoms with Crippen molar-refractivity contribution in [3.63, 3.8) is 0 Å². The molecule has 0 aromatic heterocycles. The van der Waals surface area contributed by atoms with Crippen LogP contribution in [0.25, 0.3) is 6.08 Å². The number of hydrogen-bond donors (Lipinski definition) is 1. The van der Waals surface area contributed by atoms with E-state index >= 15 is 0 Å². The second-order valence-electron chi connectivity index (χ2n) is 6.04. The van der Waals surface area contributed by atoms with Crippen molar-refractivity contribution in [2.24, 2.45) is 0 Å². The van der Waals surface area contributed by atoms with Crippen LogP contribution in [0.2, 0.25) is 5.02 Å². The summed E-state index contributed by atoms with van der Waals surface area (Å²) in [5.41, 5.74) is 1.96. The molecule has 5 heteroatoms. The molecule has 4 nitrogen and oxygen atoms in total. The van der Waals surface area contributed by atoms with Crippen LogP contribution in [0.5, 0.6) is 11.5 Å². The number of hydrogen-bond acceptors (Lipinski definition) is 3. The number of carbonyl (C=O) groups excluding carboxylic acids is 1. The SMILES string of the molecule is Cc1cccc(Cl)c1NC(=O)/C(C#N)=C/c1cccc(Oc2ccccc2)c1. The number of amides is 1. The van der Waals surface area contributed by atoms with Crippen LogP contribution in [0, 0.1) is 18.3 Å². The Kier molecular flexibility index (Phi) is 6.11. The van der Waals surface area contributed by atoms with Gasteiger partial charge in [-0.05, 0) is 54.5 Å². The van der Waals surface area contributed by atoms with E-state index in [1.54, 1.807) is 30.3 Å². The second-order valence-corrected chi connectivity index (χ2v) is 6.45. The molecule has 0 saturated carbocycles. The van der Waals surface area contributed by atoms with Crippen molar-refractivity contribution in [1.82, 2.24) is 0 Å². The molecule has 0 spiro atoms. The van der Waals surface area contributed by atoms with Crippen LogP contribution in [-0.4, -0.2) is 5.91 Å². The van der Waals surface area contributed by atoms with Crippen molar-refractivity contribution >= 4 is 29.3 Å². The van der Waals surface area contributed by atoms with E-state index in [4.69, 9.17) is 16.3 Å². The number of rotatable bonds is 5. The minimum absolute atomic E-state index is 0.0313. The topological polar surface area (TPSA) is 62.1 Å². The van der Waals surface area contributed by atoms with Gasteiger partial charge in [0.2, 0.25) is 0 Å². The first kappa shape index (κ1) is 19.2. The zero-order valence-electron chi connectivity index (χ0n) is 15.1. The summed E-state index contributed by atoms with van der Waals surface area (Å²) in [6.07, 6.45) is 1.51. The molecule has 0 radical (unpaired) electrons. The summed E-state index contributed by atoms with van der Waals surface area (Å²) < 4.78 is 5.79. The molecule has 0 aliphatic carbocycles. The molecule has 1 N–H and O–H groups in total. The Labute approximate surface area is 168 Å². The molecule has 0 atom stereocenters. The number of anilines is 1. The van der Waals surface area contributed by atoms with Gasteiger partial charge in [0.25, 0.3) is 5.91 Å². The number of benzene rings is 3. The Balaban J connectivity index is 1.81. The van der Waals surface area contributed by atoms with Crippen molar-refractivity contribution in [2.75, 3.05) is 5.32 Å². The summed E-state index contributed by atoms with van der Waals surface area (Å²) in [6, 6.07) is 23.8. The van der Waals surface area contributed by atoms with Crippen molar-refractivity contribution in [1.29, 1.82) is 5.26 Å². The maximum atomic E-state index is 12.5. The summed E-state index contributed by atoms with van der Waals surface area (Å²) in [5.74, 6) is 0.795. The van der Waals surface area contributed by atoms with Crippen molar-refractivity contribution in [2.45, 2.75) is 6.92 Å². The normalized spacial score (nSPS) is 10.8. The van der Waals surface area contributed by atoms with Crippen LogP contribution in [-0.2, 0) is 4.79 Å². The quantitative estimate of drug-likeness (QED) is 0.431. The zero-order valence-corrected chi connectivity index (χ0v) is 15.9. The van der Waals surface area contributed by atoms with Crippen LogP contribution in [0.4, 0.5) is 5.69 Å². The van der Waals surface area contributed by atoms with Gasteiger partial charge in [0, 0.05) is 0 Å². The Morgan fingerprint density at radius 3 is 2.46 bits per heavy atom. The van der Waals surface area contributed by atoms with Gasteiger partial charge in [-0.15, -0.1) is 0 Å². The molecule has 0 saturated heterocycles. The lowest BCUT2D eigenvalue weighted by atomic mass is 10.1. The molecule has 0 fully saturated rings. The molecule has 3 aromatic carbocycles. The first-order chi connectivity index (χ1) is 13.6. The fourth-order valence-electron chi connectivity index (χ4n) is 2.58. The summed E-state index contributed by atoms with van der Waals surface area (Å²) in [6.45, 7) is 1.83. The highest BCUT2D eigenvalue weighted by Gasteiger charge is 2.13. The van der Waals surface area contributed by atoms with Gasteiger partial charge in [0.15, 0.2) is 0 Å². The van der Waals surface area contributed by atoms with Crippen LogP contribution < -0.4 is 10.1 Å². The van der Waals surface area contributed by atoms with Gasteiger partial charge >= 0.3 is 0 Å². The van der Waals surface area contributed by atoms with Crippen LogP contribution >= 0.6 is 11.6 Å². The first-order valence-corrected chi connectivity index (χ1v) is 8.96. The molecule has 28 heavy (non-hydrogen) atoms. The third kappa shape index (κ3) is 4.79. The summed E-state index contributed by atoms with van der Waals surface area (Å²) in [4.78, 5) is 12.5. The van der Waals surface area contributed by atoms with E-state index in [0.717, 1.165) is 5.56 Å². The lowest BCUT2D eigenvalue weighted by molar-refractivity contribution is -0.112. The number of ether oxygens (including phenoxy) is 1. The molecule has 3 aromatic rings. The maximum absolute atomic E-state index is 12.5. The molecule has 0 aliphatic heterocycles. The molecule has 0 aliphatic rings. The summed E-state index contributed by atoms with van der Waals surface area (Å²) in [5, 5.41) is 12.6. The number of nitrogens with one attached hydrogen (secondary N) is 1. The molecular formula is C23H17ClN2O2. The van der Waals surface area contributed by atoms with Gasteiger partial charge in [-0.2, -0.15) is 5.26 Å². The number of nitriles is 1. The molecular weight excluding hydrogens is 372 g/mol. The average molecular weight is 389 g/mol. The zero-order chi connectivity index (χ0) is 19.9. The fourth-order valence-corrected chi connectivity index (χ4v) is 2.85. The molecule has 0 unspecified atom stereocenters. The van der Waals surface area contributed by atoms with Crippen LogP contribution in [0.3, 0.4) is 0 Å². The monoisotopic (exact) mass is 388 g/mol. The van der Waals surface area contributed by atoms with Crippen LogP contribution in [0.15, 0.2) is 78.4 Å². The highest BCUT2D eigenvalue weighted by Crippen LogP contribution is 2.26. The molecule has 1 amide bonds. The Hall–Kier alpha value is -3.55. The highest BCUT2D eigenvalue weighted by molar-refractivity contribution is 6.34. The number of carbonyl (C=O) groups is 1. The molecule has 0 bridgehead atoms. The van der Waals surface area contributed by atoms with E-state index in [1.807, 2.05) is 55.5 Å². The van der Waals surface area contributed by atoms with Gasteiger partial charge in [0.1, 0.15) is 23.1 Å². The van der Waals surface area contributed by atoms with Gasteiger partial charge in [-0.25, -0.2) is 0 Å². The van der Waals surface area contributed by atoms with Gasteiger partial charge < -0.3 is 10.1 Å². The van der Waals surface area contributed by atoms with E-state index < -0.39 is 5.91 Å². The number of nitrogens with zero attached hydrogens (tertiary/aromatic N) is 1. The predicted molar refractivity (Wildman–Crippen MR) is 111 cm³/mol. The number of halogens is 1. The molecule has 138 valence electrons. The smallest absolute Gasteiger partial charge is 0.266 e.